The number of carbonyl (C=O) groups is 3. The molecule has 2 aromatic carbocycles. The molecule has 0 radical (unpaired) electrons. The summed E-state index contributed by atoms with van der Waals surface area (Å²) in [4.78, 5) is 37.5. The van der Waals surface area contributed by atoms with Crippen molar-refractivity contribution in [3.63, 3.8) is 0 Å². The lowest BCUT2D eigenvalue weighted by Crippen LogP contribution is -2.53. The van der Waals surface area contributed by atoms with Crippen molar-refractivity contribution >= 4 is 41.0 Å². The van der Waals surface area contributed by atoms with Crippen molar-refractivity contribution < 1.29 is 33.7 Å². The van der Waals surface area contributed by atoms with Gasteiger partial charge in [0.15, 0.2) is 12.2 Å². The highest BCUT2D eigenvalue weighted by Crippen LogP contribution is 2.26. The normalized spacial score (nSPS) is 20.5. The van der Waals surface area contributed by atoms with E-state index in [1.54, 1.807) is 42.5 Å². The minimum atomic E-state index is -1.23. The first-order valence-electron chi connectivity index (χ1n) is 12.5. The third-order valence-electron chi connectivity index (χ3n) is 6.66. The van der Waals surface area contributed by atoms with Crippen LogP contribution in [-0.2, 0) is 36.9 Å². The van der Waals surface area contributed by atoms with Crippen LogP contribution in [0, 0.1) is 0 Å². The predicted octanol–water partition coefficient (Wildman–Crippen LogP) is 3.87. The Morgan fingerprint density at radius 3 is 2.21 bits per heavy atom. The summed E-state index contributed by atoms with van der Waals surface area (Å²) >= 11 is 12.3. The van der Waals surface area contributed by atoms with Crippen molar-refractivity contribution in [3.8, 4) is 5.75 Å². The summed E-state index contributed by atoms with van der Waals surface area (Å²) in [5.74, 6) is -1.80. The third-order valence-corrected chi connectivity index (χ3v) is 7.37. The highest BCUT2D eigenvalue weighted by atomic mass is 35.5. The van der Waals surface area contributed by atoms with Crippen molar-refractivity contribution in [1.82, 2.24) is 10.6 Å². The molecule has 0 bridgehead atoms. The van der Waals surface area contributed by atoms with Crippen molar-refractivity contribution in [1.29, 1.82) is 0 Å². The van der Waals surface area contributed by atoms with E-state index in [2.05, 4.69) is 10.6 Å². The number of hydrogen-bond acceptors (Lipinski definition) is 6. The molecule has 9 nitrogen and oxygen atoms in total. The number of carbonyl (C=O) groups excluding carboxylic acids is 2. The molecule has 204 valence electrons. The Labute approximate surface area is 230 Å². The Bertz CT molecular complexity index is 1120. The second kappa shape index (κ2) is 13.3. The number of aliphatic carboxylic acids is 1. The maximum absolute atomic E-state index is 12.9. The number of hydrogen-bond donors (Lipinski definition) is 3. The molecule has 11 heteroatoms. The van der Waals surface area contributed by atoms with E-state index < -0.39 is 36.0 Å². The number of carboxylic acids is 1. The van der Waals surface area contributed by atoms with Gasteiger partial charge in [-0.05, 0) is 42.7 Å². The molecule has 0 spiro atoms. The minimum Gasteiger partial charge on any atom is -0.489 e. The van der Waals surface area contributed by atoms with Crippen LogP contribution in [0.1, 0.15) is 43.2 Å². The van der Waals surface area contributed by atoms with Gasteiger partial charge in [0, 0.05) is 28.1 Å². The van der Waals surface area contributed by atoms with Crippen LogP contribution in [0.5, 0.6) is 5.75 Å². The zero-order chi connectivity index (χ0) is 27.1. The maximum Gasteiger partial charge on any atom is 0.326 e. The number of amides is 2. The van der Waals surface area contributed by atoms with Crippen molar-refractivity contribution in [2.45, 2.75) is 69.4 Å². The maximum atomic E-state index is 12.9. The van der Waals surface area contributed by atoms with Gasteiger partial charge >= 0.3 is 5.97 Å². The quantitative estimate of drug-likeness (QED) is 0.400. The van der Waals surface area contributed by atoms with Crippen LogP contribution < -0.4 is 15.4 Å². The Morgan fingerprint density at radius 2 is 1.58 bits per heavy atom. The topological polar surface area (TPSA) is 123 Å². The van der Waals surface area contributed by atoms with Gasteiger partial charge in [0.1, 0.15) is 25.2 Å². The van der Waals surface area contributed by atoms with E-state index in [-0.39, 0.29) is 25.9 Å². The summed E-state index contributed by atoms with van der Waals surface area (Å²) in [5.41, 5.74) is 1.33. The highest BCUT2D eigenvalue weighted by Gasteiger charge is 2.42. The number of carboxylic acid groups (broad SMARTS) is 1. The fourth-order valence-electron chi connectivity index (χ4n) is 4.55. The van der Waals surface area contributed by atoms with Crippen molar-refractivity contribution in [2.24, 2.45) is 0 Å². The van der Waals surface area contributed by atoms with Crippen LogP contribution in [0.2, 0.25) is 10.0 Å². The lowest BCUT2D eigenvalue weighted by Gasteiger charge is -2.25. The average molecular weight is 565 g/mol. The Balaban J connectivity index is 1.32. The largest absolute Gasteiger partial charge is 0.489 e. The number of halogens is 2. The van der Waals surface area contributed by atoms with Gasteiger partial charge in [-0.3, -0.25) is 9.59 Å². The van der Waals surface area contributed by atoms with Crippen LogP contribution >= 0.6 is 23.2 Å². The van der Waals surface area contributed by atoms with Crippen LogP contribution in [0.4, 0.5) is 0 Å². The minimum absolute atomic E-state index is 0.0181. The molecule has 38 heavy (non-hydrogen) atoms. The van der Waals surface area contributed by atoms with Crippen LogP contribution in [0.15, 0.2) is 42.5 Å². The second-order valence-electron chi connectivity index (χ2n) is 9.37. The van der Waals surface area contributed by atoms with Gasteiger partial charge in [-0.1, -0.05) is 60.7 Å². The van der Waals surface area contributed by atoms with Crippen LogP contribution in [0.3, 0.4) is 0 Å². The highest BCUT2D eigenvalue weighted by molar-refractivity contribution is 6.35. The van der Waals surface area contributed by atoms with Gasteiger partial charge in [-0.15, -0.1) is 0 Å². The first-order chi connectivity index (χ1) is 18.3. The van der Waals surface area contributed by atoms with E-state index in [1.165, 1.54) is 0 Å². The first kappa shape index (κ1) is 28.2. The lowest BCUT2D eigenvalue weighted by atomic mass is 9.95. The Hall–Kier alpha value is -2.85. The molecule has 2 aromatic rings. The average Bonchev–Trinajstić information content (AvgIpc) is 3.40. The van der Waals surface area contributed by atoms with E-state index in [4.69, 9.17) is 37.4 Å². The summed E-state index contributed by atoms with van der Waals surface area (Å²) in [6, 6.07) is 10.8. The summed E-state index contributed by atoms with van der Waals surface area (Å²) in [7, 11) is 0. The van der Waals surface area contributed by atoms with Crippen LogP contribution in [0.25, 0.3) is 0 Å². The van der Waals surface area contributed by atoms with Gasteiger partial charge in [0.05, 0.1) is 0 Å². The zero-order valence-corrected chi connectivity index (χ0v) is 22.2. The smallest absolute Gasteiger partial charge is 0.326 e. The Morgan fingerprint density at radius 1 is 0.947 bits per heavy atom. The summed E-state index contributed by atoms with van der Waals surface area (Å²) in [6.07, 6.45) is 2.65. The summed E-state index contributed by atoms with van der Waals surface area (Å²) < 4.78 is 16.5. The zero-order valence-electron chi connectivity index (χ0n) is 20.7. The molecular formula is C27H30Cl2N2O7. The standard InChI is InChI=1S/C27H30Cl2N2O7/c28-20-7-4-8-21(29)19(20)14-36-18-11-9-16(10-12-18)13-22(27(34)35)31-26(33)24-23(37-15-38-24)25(32)30-17-5-2-1-3-6-17/h4,7-12,17,22-24H,1-3,5-6,13-15H2,(H,30,32)(H,31,33)(H,34,35)/t22-,23+,24+/m0/s1. The molecule has 0 unspecified atom stereocenters. The molecule has 2 fully saturated rings. The fourth-order valence-corrected chi connectivity index (χ4v) is 5.06. The van der Waals surface area contributed by atoms with E-state index >= 15 is 0 Å². The number of benzene rings is 2. The molecule has 1 saturated carbocycles. The van der Waals surface area contributed by atoms with E-state index in [1.807, 2.05) is 0 Å². The van der Waals surface area contributed by atoms with Gasteiger partial charge in [0.25, 0.3) is 11.8 Å². The van der Waals surface area contributed by atoms with Gasteiger partial charge in [-0.2, -0.15) is 0 Å². The predicted molar refractivity (Wildman–Crippen MR) is 140 cm³/mol. The summed E-state index contributed by atoms with van der Waals surface area (Å²) in [5, 5.41) is 16.1. The van der Waals surface area contributed by atoms with Crippen molar-refractivity contribution in [2.75, 3.05) is 6.79 Å². The lowest BCUT2D eigenvalue weighted by molar-refractivity contribution is -0.144. The molecule has 1 saturated heterocycles. The summed E-state index contributed by atoms with van der Waals surface area (Å²) in [6.45, 7) is -0.0515. The molecule has 1 aliphatic heterocycles. The Kier molecular flexibility index (Phi) is 9.85. The molecule has 2 amide bonds. The monoisotopic (exact) mass is 564 g/mol. The fraction of sp³-hybridized carbons (Fsp3) is 0.444. The molecule has 1 aliphatic carbocycles. The third kappa shape index (κ3) is 7.38. The first-order valence-corrected chi connectivity index (χ1v) is 13.3. The number of rotatable bonds is 10. The molecule has 3 N–H and O–H groups in total. The molecular weight excluding hydrogens is 535 g/mol. The van der Waals surface area contributed by atoms with Gasteiger partial charge < -0.3 is 30.0 Å². The number of ether oxygens (including phenoxy) is 3. The molecule has 1 heterocycles. The van der Waals surface area contributed by atoms with E-state index in [0.717, 1.165) is 32.1 Å². The molecule has 4 rings (SSSR count). The van der Waals surface area contributed by atoms with Crippen LogP contribution in [-0.4, -0.2) is 54.0 Å². The van der Waals surface area contributed by atoms with Gasteiger partial charge in [0.2, 0.25) is 0 Å². The molecule has 2 aliphatic rings. The van der Waals surface area contributed by atoms with Crippen molar-refractivity contribution in [3.05, 3.63) is 63.6 Å². The molecule has 3 atom stereocenters. The SMILES string of the molecule is O=C(O)[C@H](Cc1ccc(OCc2c(Cl)cccc2Cl)cc1)NC(=O)[C@@H]1OCO[C@H]1C(=O)NC1CCCCC1. The van der Waals surface area contributed by atoms with E-state index in [0.29, 0.717) is 26.9 Å². The van der Waals surface area contributed by atoms with Gasteiger partial charge in [-0.25, -0.2) is 4.79 Å². The molecule has 0 aromatic heterocycles. The number of nitrogens with one attached hydrogen (secondary N) is 2. The van der Waals surface area contributed by atoms with E-state index in [9.17, 15) is 19.5 Å². The second-order valence-corrected chi connectivity index (χ2v) is 10.2.